The molecular formula is C16H23NO2. The van der Waals surface area contributed by atoms with Gasteiger partial charge < -0.3 is 9.64 Å². The summed E-state index contributed by atoms with van der Waals surface area (Å²) in [7, 11) is 0. The van der Waals surface area contributed by atoms with E-state index in [4.69, 9.17) is 4.74 Å². The molecule has 1 aromatic carbocycles. The Balaban J connectivity index is 2.39. The molecule has 19 heavy (non-hydrogen) atoms. The summed E-state index contributed by atoms with van der Waals surface area (Å²) < 4.78 is 5.41. The molecule has 1 aromatic rings. The third-order valence-electron chi connectivity index (χ3n) is 3.59. The number of hydrogen-bond acceptors (Lipinski definition) is 3. The highest BCUT2D eigenvalue weighted by molar-refractivity contribution is 5.81. The molecular weight excluding hydrogens is 238 g/mol. The van der Waals surface area contributed by atoms with Crippen LogP contribution in [-0.2, 0) is 16.0 Å². The van der Waals surface area contributed by atoms with E-state index in [0.717, 1.165) is 26.3 Å². The molecule has 1 aliphatic rings. The highest BCUT2D eigenvalue weighted by atomic mass is 16.5. The molecule has 0 atom stereocenters. The van der Waals surface area contributed by atoms with Crippen LogP contribution in [0.5, 0.6) is 0 Å². The first kappa shape index (κ1) is 14.1. The van der Waals surface area contributed by atoms with Gasteiger partial charge in [0.25, 0.3) is 0 Å². The third kappa shape index (κ3) is 3.35. The lowest BCUT2D eigenvalue weighted by Gasteiger charge is -2.31. The van der Waals surface area contributed by atoms with Crippen molar-refractivity contribution < 1.29 is 9.53 Å². The van der Waals surface area contributed by atoms with Gasteiger partial charge >= 0.3 is 0 Å². The van der Waals surface area contributed by atoms with E-state index in [1.807, 2.05) is 0 Å². The van der Waals surface area contributed by atoms with Crippen LogP contribution >= 0.6 is 0 Å². The Hall–Kier alpha value is -1.35. The number of morpholine rings is 1. The van der Waals surface area contributed by atoms with Crippen molar-refractivity contribution in [3.8, 4) is 0 Å². The Morgan fingerprint density at radius 2 is 2.00 bits per heavy atom. The lowest BCUT2D eigenvalue weighted by Crippen LogP contribution is -2.37. The zero-order valence-electron chi connectivity index (χ0n) is 12.1. The summed E-state index contributed by atoms with van der Waals surface area (Å²) in [5, 5.41) is 0. The van der Waals surface area contributed by atoms with E-state index in [1.54, 1.807) is 6.92 Å². The van der Waals surface area contributed by atoms with Crippen LogP contribution in [-0.4, -0.2) is 32.1 Å². The van der Waals surface area contributed by atoms with Crippen LogP contribution in [0.3, 0.4) is 0 Å². The average molecular weight is 261 g/mol. The smallest absolute Gasteiger partial charge is 0.134 e. The Labute approximate surface area is 115 Å². The van der Waals surface area contributed by atoms with Crippen LogP contribution in [0, 0.1) is 0 Å². The van der Waals surface area contributed by atoms with Crippen LogP contribution in [0.15, 0.2) is 18.2 Å². The summed E-state index contributed by atoms with van der Waals surface area (Å²) in [6.45, 7) is 9.39. The maximum absolute atomic E-state index is 11.6. The monoisotopic (exact) mass is 261 g/mol. The molecule has 0 unspecified atom stereocenters. The lowest BCUT2D eigenvalue weighted by molar-refractivity contribution is -0.116. The van der Waals surface area contributed by atoms with Crippen LogP contribution < -0.4 is 4.90 Å². The highest BCUT2D eigenvalue weighted by Crippen LogP contribution is 2.30. The fourth-order valence-electron chi connectivity index (χ4n) is 2.67. The number of rotatable bonds is 4. The van der Waals surface area contributed by atoms with Gasteiger partial charge in [-0.25, -0.2) is 0 Å². The van der Waals surface area contributed by atoms with Crippen LogP contribution in [0.4, 0.5) is 5.69 Å². The van der Waals surface area contributed by atoms with Crippen molar-refractivity contribution >= 4 is 11.5 Å². The summed E-state index contributed by atoms with van der Waals surface area (Å²) in [5.74, 6) is 0.665. The number of nitrogens with zero attached hydrogens (tertiary/aromatic N) is 1. The van der Waals surface area contributed by atoms with E-state index < -0.39 is 0 Å². The number of anilines is 1. The number of benzene rings is 1. The predicted molar refractivity (Wildman–Crippen MR) is 77.9 cm³/mol. The lowest BCUT2D eigenvalue weighted by atomic mass is 9.92. The molecule has 1 fully saturated rings. The summed E-state index contributed by atoms with van der Waals surface area (Å²) in [6.07, 6.45) is 0.529. The SMILES string of the molecule is CC(=O)Cc1c(C(C)C)cccc1N1CCOCC1. The second kappa shape index (κ2) is 6.20. The van der Waals surface area contributed by atoms with Gasteiger partial charge in [0.2, 0.25) is 0 Å². The van der Waals surface area contributed by atoms with Crippen LogP contribution in [0.2, 0.25) is 0 Å². The summed E-state index contributed by atoms with van der Waals surface area (Å²) in [6, 6.07) is 6.38. The van der Waals surface area contributed by atoms with Crippen molar-refractivity contribution in [3.05, 3.63) is 29.3 Å². The number of hydrogen-bond donors (Lipinski definition) is 0. The van der Waals surface area contributed by atoms with E-state index >= 15 is 0 Å². The number of Topliss-reactive ketones (excluding diaryl/α,β-unsaturated/α-hetero) is 1. The molecule has 0 saturated carbocycles. The zero-order chi connectivity index (χ0) is 13.8. The molecule has 0 amide bonds. The maximum atomic E-state index is 11.6. The fraction of sp³-hybridized carbons (Fsp3) is 0.562. The van der Waals surface area contributed by atoms with Gasteiger partial charge in [-0.3, -0.25) is 4.79 Å². The number of carbonyl (C=O) groups excluding carboxylic acids is 1. The molecule has 2 rings (SSSR count). The first-order valence-corrected chi connectivity index (χ1v) is 7.03. The van der Waals surface area contributed by atoms with Crippen LogP contribution in [0.1, 0.15) is 37.8 Å². The van der Waals surface area contributed by atoms with Crippen molar-refractivity contribution in [1.29, 1.82) is 0 Å². The quantitative estimate of drug-likeness (QED) is 0.834. The zero-order valence-corrected chi connectivity index (χ0v) is 12.1. The van der Waals surface area contributed by atoms with Gasteiger partial charge in [-0.05, 0) is 30.0 Å². The van der Waals surface area contributed by atoms with Crippen molar-refractivity contribution in [2.24, 2.45) is 0 Å². The molecule has 0 aromatic heterocycles. The minimum absolute atomic E-state index is 0.225. The van der Waals surface area contributed by atoms with Gasteiger partial charge in [-0.15, -0.1) is 0 Å². The largest absolute Gasteiger partial charge is 0.378 e. The minimum Gasteiger partial charge on any atom is -0.378 e. The summed E-state index contributed by atoms with van der Waals surface area (Å²) in [5.41, 5.74) is 3.70. The molecule has 3 nitrogen and oxygen atoms in total. The van der Waals surface area contributed by atoms with E-state index in [0.29, 0.717) is 12.3 Å². The van der Waals surface area contributed by atoms with Gasteiger partial charge in [0.05, 0.1) is 13.2 Å². The van der Waals surface area contributed by atoms with Gasteiger partial charge in [0, 0.05) is 25.2 Å². The second-order valence-corrected chi connectivity index (χ2v) is 5.48. The molecule has 0 spiro atoms. The van der Waals surface area contributed by atoms with Crippen molar-refractivity contribution in [2.45, 2.75) is 33.1 Å². The van der Waals surface area contributed by atoms with Gasteiger partial charge in [-0.2, -0.15) is 0 Å². The fourth-order valence-corrected chi connectivity index (χ4v) is 2.67. The molecule has 104 valence electrons. The molecule has 0 bridgehead atoms. The average Bonchev–Trinajstić information content (AvgIpc) is 2.39. The number of ketones is 1. The Bertz CT molecular complexity index is 448. The number of carbonyl (C=O) groups is 1. The van der Waals surface area contributed by atoms with Gasteiger partial charge in [-0.1, -0.05) is 26.0 Å². The van der Waals surface area contributed by atoms with E-state index in [-0.39, 0.29) is 5.78 Å². The van der Waals surface area contributed by atoms with Crippen molar-refractivity contribution in [3.63, 3.8) is 0 Å². The van der Waals surface area contributed by atoms with E-state index in [2.05, 4.69) is 36.9 Å². The first-order chi connectivity index (χ1) is 9.09. The molecule has 0 aliphatic carbocycles. The Morgan fingerprint density at radius 3 is 2.58 bits per heavy atom. The van der Waals surface area contributed by atoms with Crippen molar-refractivity contribution in [2.75, 3.05) is 31.2 Å². The normalized spacial score (nSPS) is 15.9. The van der Waals surface area contributed by atoms with E-state index in [1.165, 1.54) is 16.8 Å². The summed E-state index contributed by atoms with van der Waals surface area (Å²) in [4.78, 5) is 13.9. The molecule has 1 saturated heterocycles. The van der Waals surface area contributed by atoms with Gasteiger partial charge in [0.15, 0.2) is 0 Å². The highest BCUT2D eigenvalue weighted by Gasteiger charge is 2.18. The first-order valence-electron chi connectivity index (χ1n) is 7.03. The molecule has 1 aliphatic heterocycles. The third-order valence-corrected chi connectivity index (χ3v) is 3.59. The summed E-state index contributed by atoms with van der Waals surface area (Å²) >= 11 is 0. The maximum Gasteiger partial charge on any atom is 0.134 e. The second-order valence-electron chi connectivity index (χ2n) is 5.48. The topological polar surface area (TPSA) is 29.5 Å². The van der Waals surface area contributed by atoms with Gasteiger partial charge in [0.1, 0.15) is 5.78 Å². The van der Waals surface area contributed by atoms with Crippen LogP contribution in [0.25, 0.3) is 0 Å². The Morgan fingerprint density at radius 1 is 1.32 bits per heavy atom. The van der Waals surface area contributed by atoms with Crippen molar-refractivity contribution in [1.82, 2.24) is 0 Å². The standard InChI is InChI=1S/C16H23NO2/c1-12(2)14-5-4-6-16(15(14)11-13(3)18)17-7-9-19-10-8-17/h4-6,12H,7-11H2,1-3H3. The number of ether oxygens (including phenoxy) is 1. The molecule has 0 radical (unpaired) electrons. The minimum atomic E-state index is 0.225. The molecule has 1 heterocycles. The predicted octanol–water partition coefficient (Wildman–Crippen LogP) is 2.78. The molecule has 3 heteroatoms. The Kier molecular flexibility index (Phi) is 4.59. The van der Waals surface area contributed by atoms with E-state index in [9.17, 15) is 4.79 Å². The molecule has 0 N–H and O–H groups in total.